The van der Waals surface area contributed by atoms with Gasteiger partial charge in [0, 0.05) is 24.2 Å². The number of thioether (sulfide) groups is 1. The lowest BCUT2D eigenvalue weighted by atomic mass is 10.1. The smallest absolute Gasteiger partial charge is 0.293 e. The van der Waals surface area contributed by atoms with Crippen molar-refractivity contribution in [2.45, 2.75) is 0 Å². The fourth-order valence-corrected chi connectivity index (χ4v) is 3.97. The molecule has 3 aromatic rings. The van der Waals surface area contributed by atoms with Gasteiger partial charge in [-0.25, -0.2) is 4.39 Å². The van der Waals surface area contributed by atoms with Crippen molar-refractivity contribution in [3.63, 3.8) is 0 Å². The molecule has 0 atom stereocenters. The quantitative estimate of drug-likeness (QED) is 0.598. The van der Waals surface area contributed by atoms with Crippen LogP contribution in [0, 0.1) is 5.82 Å². The number of hydrogen-bond donors (Lipinski definition) is 2. The van der Waals surface area contributed by atoms with Gasteiger partial charge in [-0.05, 0) is 41.4 Å². The van der Waals surface area contributed by atoms with Crippen LogP contribution >= 0.6 is 11.8 Å². The van der Waals surface area contributed by atoms with Crippen LogP contribution in [0.1, 0.15) is 15.9 Å². The van der Waals surface area contributed by atoms with Crippen LogP contribution in [0.25, 0.3) is 17.0 Å². The Hall–Kier alpha value is -3.72. The third kappa shape index (κ3) is 4.26. The Bertz CT molecular complexity index is 1300. The first-order valence-corrected chi connectivity index (χ1v) is 10.2. The molecule has 31 heavy (non-hydrogen) atoms. The summed E-state index contributed by atoms with van der Waals surface area (Å²) in [6, 6.07) is 14.5. The summed E-state index contributed by atoms with van der Waals surface area (Å²) in [6.07, 6.45) is 1.33. The maximum absolute atomic E-state index is 13.8. The Labute approximate surface area is 179 Å². The highest BCUT2D eigenvalue weighted by atomic mass is 32.2. The highest BCUT2D eigenvalue weighted by molar-refractivity contribution is 8.18. The molecule has 1 aliphatic heterocycles. The van der Waals surface area contributed by atoms with Gasteiger partial charge in [-0.1, -0.05) is 36.4 Å². The first-order valence-electron chi connectivity index (χ1n) is 9.34. The predicted molar refractivity (Wildman–Crippen MR) is 116 cm³/mol. The lowest BCUT2D eigenvalue weighted by Crippen LogP contribution is -2.38. The highest BCUT2D eigenvalue weighted by Gasteiger charge is 2.34. The van der Waals surface area contributed by atoms with Crippen LogP contribution in [0.2, 0.25) is 0 Å². The molecule has 4 rings (SSSR count). The molecule has 0 saturated carbocycles. The van der Waals surface area contributed by atoms with Crippen molar-refractivity contribution in [3.05, 3.63) is 86.8 Å². The number of nitrogens with zero attached hydrogens (tertiary/aromatic N) is 1. The molecule has 0 aliphatic carbocycles. The maximum atomic E-state index is 13.8. The number of pyridine rings is 1. The summed E-state index contributed by atoms with van der Waals surface area (Å²) in [7, 11) is 0. The first-order chi connectivity index (χ1) is 14.9. The van der Waals surface area contributed by atoms with Crippen LogP contribution in [-0.2, 0) is 4.79 Å². The number of nitrogens with one attached hydrogen (secondary N) is 2. The van der Waals surface area contributed by atoms with Gasteiger partial charge in [0.05, 0.1) is 4.91 Å². The number of hydrogen-bond acceptors (Lipinski definition) is 5. The molecular weight excluding hydrogens is 421 g/mol. The van der Waals surface area contributed by atoms with Gasteiger partial charge in [-0.3, -0.25) is 24.1 Å². The summed E-state index contributed by atoms with van der Waals surface area (Å²) >= 11 is 0.709. The van der Waals surface area contributed by atoms with E-state index in [1.807, 2.05) is 0 Å². The fraction of sp³-hybridized carbons (Fsp3) is 0.0909. The minimum absolute atomic E-state index is 0.0316. The number of benzene rings is 2. The van der Waals surface area contributed by atoms with E-state index >= 15 is 0 Å². The Morgan fingerprint density at radius 3 is 2.65 bits per heavy atom. The minimum Gasteiger partial charge on any atom is -0.350 e. The van der Waals surface area contributed by atoms with E-state index in [1.54, 1.807) is 30.3 Å². The molecule has 0 radical (unpaired) electrons. The number of H-pyrrole nitrogens is 1. The summed E-state index contributed by atoms with van der Waals surface area (Å²) in [5.41, 5.74) is 0.225. The van der Waals surface area contributed by atoms with E-state index in [4.69, 9.17) is 0 Å². The van der Waals surface area contributed by atoms with Crippen LogP contribution in [0.4, 0.5) is 9.18 Å². The number of imide groups is 1. The number of carbonyl (C=O) groups excluding carboxylic acids is 3. The highest BCUT2D eigenvalue weighted by Crippen LogP contribution is 2.32. The zero-order valence-electron chi connectivity index (χ0n) is 16.1. The lowest BCUT2D eigenvalue weighted by molar-refractivity contribution is -0.122. The molecule has 1 saturated heterocycles. The average Bonchev–Trinajstić information content (AvgIpc) is 3.02. The molecule has 1 fully saturated rings. The van der Waals surface area contributed by atoms with Crippen LogP contribution in [0.15, 0.2) is 64.3 Å². The molecule has 1 aromatic heterocycles. The molecule has 0 unspecified atom stereocenters. The van der Waals surface area contributed by atoms with Gasteiger partial charge in [0.15, 0.2) is 0 Å². The maximum Gasteiger partial charge on any atom is 0.293 e. The summed E-state index contributed by atoms with van der Waals surface area (Å²) < 4.78 is 13.8. The van der Waals surface area contributed by atoms with Gasteiger partial charge in [-0.15, -0.1) is 0 Å². The lowest BCUT2D eigenvalue weighted by Gasteiger charge is -2.13. The van der Waals surface area contributed by atoms with E-state index in [2.05, 4.69) is 10.3 Å². The van der Waals surface area contributed by atoms with Gasteiger partial charge in [0.2, 0.25) is 0 Å². The normalized spacial score (nSPS) is 15.1. The van der Waals surface area contributed by atoms with Crippen LogP contribution in [0.3, 0.4) is 0 Å². The van der Waals surface area contributed by atoms with Crippen molar-refractivity contribution in [3.8, 4) is 0 Å². The zero-order valence-corrected chi connectivity index (χ0v) is 16.9. The number of aromatic amines is 1. The van der Waals surface area contributed by atoms with Gasteiger partial charge in [0.1, 0.15) is 11.4 Å². The van der Waals surface area contributed by atoms with E-state index in [1.165, 1.54) is 30.3 Å². The van der Waals surface area contributed by atoms with Gasteiger partial charge in [0.25, 0.3) is 22.6 Å². The Balaban J connectivity index is 1.42. The summed E-state index contributed by atoms with van der Waals surface area (Å²) in [5.74, 6) is -1.67. The average molecular weight is 437 g/mol. The van der Waals surface area contributed by atoms with Crippen molar-refractivity contribution in [2.75, 3.05) is 13.1 Å². The topological polar surface area (TPSA) is 99.3 Å². The molecule has 7 nitrogen and oxygen atoms in total. The molecular formula is C22H16FN3O4S. The van der Waals surface area contributed by atoms with E-state index in [-0.39, 0.29) is 29.1 Å². The second kappa shape index (κ2) is 8.57. The van der Waals surface area contributed by atoms with E-state index in [9.17, 15) is 23.6 Å². The fourth-order valence-electron chi connectivity index (χ4n) is 3.12. The van der Waals surface area contributed by atoms with Crippen molar-refractivity contribution >= 4 is 45.8 Å². The predicted octanol–water partition coefficient (Wildman–Crippen LogP) is 3.13. The number of carbonyl (C=O) groups is 3. The van der Waals surface area contributed by atoms with Crippen molar-refractivity contribution in [2.24, 2.45) is 0 Å². The van der Waals surface area contributed by atoms with Gasteiger partial charge < -0.3 is 10.3 Å². The SMILES string of the molecule is O=C(NCCN1C(=O)S/C(=C\c2ccccc2F)C1=O)c1cc2ccccc2[nH]c1=O. The molecule has 2 N–H and O–H groups in total. The standard InChI is InChI=1S/C22H16FN3O4S/c23-16-7-3-1-5-13(16)12-18-21(29)26(22(30)31-18)10-9-24-19(27)15-11-14-6-2-4-8-17(14)25-20(15)28/h1-8,11-12H,9-10H2,(H,24,27)(H,25,28)/b18-12-. The number of para-hydroxylation sites is 1. The third-order valence-electron chi connectivity index (χ3n) is 4.68. The van der Waals surface area contributed by atoms with Crippen molar-refractivity contribution < 1.29 is 18.8 Å². The van der Waals surface area contributed by atoms with E-state index in [0.717, 1.165) is 4.90 Å². The molecule has 0 bridgehead atoms. The van der Waals surface area contributed by atoms with Gasteiger partial charge >= 0.3 is 0 Å². The largest absolute Gasteiger partial charge is 0.350 e. The molecule has 156 valence electrons. The van der Waals surface area contributed by atoms with Gasteiger partial charge in [-0.2, -0.15) is 0 Å². The Morgan fingerprint density at radius 2 is 1.84 bits per heavy atom. The van der Waals surface area contributed by atoms with Crippen LogP contribution in [0.5, 0.6) is 0 Å². The monoisotopic (exact) mass is 437 g/mol. The molecule has 1 aliphatic rings. The van der Waals surface area contributed by atoms with Crippen LogP contribution < -0.4 is 10.9 Å². The molecule has 9 heteroatoms. The molecule has 2 aromatic carbocycles. The zero-order chi connectivity index (χ0) is 22.0. The number of halogens is 1. The number of rotatable bonds is 5. The molecule has 2 heterocycles. The Morgan fingerprint density at radius 1 is 1.10 bits per heavy atom. The van der Waals surface area contributed by atoms with Crippen LogP contribution in [-0.4, -0.2) is 40.0 Å². The molecule has 3 amide bonds. The van der Waals surface area contributed by atoms with E-state index < -0.39 is 28.4 Å². The second-order valence-electron chi connectivity index (χ2n) is 6.71. The van der Waals surface area contributed by atoms with Crippen molar-refractivity contribution in [1.29, 1.82) is 0 Å². The second-order valence-corrected chi connectivity index (χ2v) is 7.70. The third-order valence-corrected chi connectivity index (χ3v) is 5.59. The first kappa shape index (κ1) is 20.5. The number of amides is 3. The number of fused-ring (bicyclic) bond motifs is 1. The summed E-state index contributed by atoms with van der Waals surface area (Å²) in [6.45, 7) is -0.105. The van der Waals surface area contributed by atoms with E-state index in [0.29, 0.717) is 22.7 Å². The summed E-state index contributed by atoms with van der Waals surface area (Å²) in [4.78, 5) is 53.0. The minimum atomic E-state index is -0.610. The number of aromatic nitrogens is 1. The molecule has 0 spiro atoms. The Kier molecular flexibility index (Phi) is 5.68. The summed E-state index contributed by atoms with van der Waals surface area (Å²) in [5, 5.41) is 2.75. The van der Waals surface area contributed by atoms with Crippen molar-refractivity contribution in [1.82, 2.24) is 15.2 Å².